The van der Waals surface area contributed by atoms with Crippen molar-refractivity contribution in [3.05, 3.63) is 54.1 Å². The van der Waals surface area contributed by atoms with Crippen LogP contribution in [-0.4, -0.2) is 68.5 Å². The second kappa shape index (κ2) is 11.9. The zero-order chi connectivity index (χ0) is 23.7. The predicted octanol–water partition coefficient (Wildman–Crippen LogP) is 2.10. The van der Waals surface area contributed by atoms with E-state index < -0.39 is 22.2 Å². The molecule has 0 spiro atoms. The number of ether oxygens (including phenoxy) is 1. The normalized spacial score (nSPS) is 13.9. The minimum absolute atomic E-state index is 0.0186. The molecule has 0 fully saturated rings. The van der Waals surface area contributed by atoms with Crippen LogP contribution in [0.5, 0.6) is 11.5 Å². The Labute approximate surface area is 189 Å². The van der Waals surface area contributed by atoms with Crippen LogP contribution in [0.2, 0.25) is 0 Å². The number of sulfonamides is 1. The molecule has 0 amide bonds. The molecule has 0 unspecified atom stereocenters. The quantitative estimate of drug-likeness (QED) is 0.370. The summed E-state index contributed by atoms with van der Waals surface area (Å²) in [5.74, 6) is -0.156. The number of aromatic hydroxyl groups is 1. The Morgan fingerprint density at radius 1 is 1.16 bits per heavy atom. The van der Waals surface area contributed by atoms with E-state index >= 15 is 0 Å². The van der Waals surface area contributed by atoms with E-state index in [0.717, 1.165) is 17.7 Å². The van der Waals surface area contributed by atoms with Crippen LogP contribution in [0.25, 0.3) is 0 Å². The molecule has 2 N–H and O–H groups in total. The molecule has 8 nitrogen and oxygen atoms in total. The van der Waals surface area contributed by atoms with Crippen molar-refractivity contribution in [2.75, 3.05) is 20.2 Å². The zero-order valence-electron chi connectivity index (χ0n) is 18.5. The van der Waals surface area contributed by atoms with Gasteiger partial charge in [-0.15, -0.1) is 0 Å². The van der Waals surface area contributed by atoms with Crippen LogP contribution >= 0.6 is 0 Å². The van der Waals surface area contributed by atoms with E-state index in [2.05, 4.69) is 4.99 Å². The summed E-state index contributed by atoms with van der Waals surface area (Å²) in [5.41, 5.74) is 0.901. The molecule has 2 aromatic carbocycles. The number of aliphatic imine (C=N–C) groups is 1. The number of hydrogen-bond donors (Lipinski definition) is 2. The Bertz CT molecular complexity index is 1010. The van der Waals surface area contributed by atoms with Crippen LogP contribution in [0.15, 0.2) is 58.4 Å². The Hall–Kier alpha value is -2.56. The van der Waals surface area contributed by atoms with Crippen LogP contribution in [0, 0.1) is 5.92 Å². The van der Waals surface area contributed by atoms with Crippen molar-refractivity contribution in [2.45, 2.75) is 37.3 Å². The van der Waals surface area contributed by atoms with Gasteiger partial charge in [-0.3, -0.25) is 0 Å². The van der Waals surface area contributed by atoms with Crippen molar-refractivity contribution in [1.82, 2.24) is 4.31 Å². The summed E-state index contributed by atoms with van der Waals surface area (Å²) < 4.78 is 43.6. The molecule has 10 heteroatoms. The summed E-state index contributed by atoms with van der Waals surface area (Å²) in [5, 5.41) is 21.0. The summed E-state index contributed by atoms with van der Waals surface area (Å²) in [6, 6.07) is 12.5. The van der Waals surface area contributed by atoms with Crippen molar-refractivity contribution >= 4 is 23.3 Å². The first-order valence-corrected chi connectivity index (χ1v) is 11.7. The average molecular weight is 460 g/mol. The number of phenols is 1. The van der Waals surface area contributed by atoms with Gasteiger partial charge in [0.15, 0.2) is 0 Å². The maximum absolute atomic E-state index is 13.3. The summed E-state index contributed by atoms with van der Waals surface area (Å²) in [6.07, 6.45) is 0.247. The fourth-order valence-electron chi connectivity index (χ4n) is 3.28. The average Bonchev–Trinajstić information content (AvgIpc) is 2.76. The van der Waals surface area contributed by atoms with Crippen molar-refractivity contribution in [2.24, 2.45) is 10.9 Å². The number of rotatable bonds is 12. The van der Waals surface area contributed by atoms with E-state index in [4.69, 9.17) is 4.74 Å². The first kappa shape index (κ1) is 25.7. The molecule has 2 atom stereocenters. The topological polar surface area (TPSA) is 117 Å². The van der Waals surface area contributed by atoms with Gasteiger partial charge in [-0.2, -0.15) is 0 Å². The predicted molar refractivity (Wildman–Crippen MR) is 123 cm³/mol. The second-order valence-electron chi connectivity index (χ2n) is 7.81. The number of aliphatic hydroxyl groups is 1. The third-order valence-corrected chi connectivity index (χ3v) is 6.65. The van der Waals surface area contributed by atoms with Crippen molar-refractivity contribution in [3.8, 4) is 11.5 Å². The fraction of sp³-hybridized carbons (Fsp3) is 0.409. The fourth-order valence-corrected chi connectivity index (χ4v) is 4.92. The number of nitrogens with zero attached hydrogens (tertiary/aromatic N) is 2. The first-order chi connectivity index (χ1) is 15.2. The number of benzene rings is 2. The van der Waals surface area contributed by atoms with Crippen LogP contribution in [-0.2, 0) is 21.1 Å². The van der Waals surface area contributed by atoms with Crippen LogP contribution in [0.3, 0.4) is 0 Å². The Morgan fingerprint density at radius 2 is 1.84 bits per heavy atom. The zero-order valence-corrected chi connectivity index (χ0v) is 19.3. The molecule has 0 aliphatic rings. The summed E-state index contributed by atoms with van der Waals surface area (Å²) >= 11 is 0. The third-order valence-electron chi connectivity index (χ3n) is 4.82. The monoisotopic (exact) mass is 460 g/mol. The molecule has 0 aliphatic heterocycles. The van der Waals surface area contributed by atoms with Crippen molar-refractivity contribution in [3.63, 3.8) is 0 Å². The molecule has 0 aromatic heterocycles. The van der Waals surface area contributed by atoms with E-state index in [9.17, 15) is 23.3 Å². The van der Waals surface area contributed by atoms with Crippen LogP contribution in [0.4, 0.5) is 0 Å². The van der Waals surface area contributed by atoms with Gasteiger partial charge in [0.1, 0.15) is 0 Å². The summed E-state index contributed by atoms with van der Waals surface area (Å²) in [6.45, 7) is 3.67. The minimum atomic E-state index is -4.03. The van der Waals surface area contributed by atoms with Gasteiger partial charge in [-0.25, -0.2) is 0 Å². The number of aliphatic hydroxyl groups excluding tert-OH is 1. The maximum atomic E-state index is 13.3. The number of methoxy groups -OCH3 is 1. The van der Waals surface area contributed by atoms with E-state index in [1.165, 1.54) is 23.5 Å². The summed E-state index contributed by atoms with van der Waals surface area (Å²) in [7, 11) is -2.14. The first-order valence-electron chi connectivity index (χ1n) is 10.2. The van der Waals surface area contributed by atoms with Gasteiger partial charge in [-0.1, -0.05) is 0 Å². The Kier molecular flexibility index (Phi) is 9.55. The molecule has 2 rings (SSSR count). The van der Waals surface area contributed by atoms with E-state index in [-0.39, 0.29) is 35.4 Å². The van der Waals surface area contributed by atoms with Crippen LogP contribution in [0.1, 0.15) is 19.4 Å². The molecular weight excluding hydrogens is 431 g/mol. The molecule has 0 radical (unpaired) electrons. The van der Waals surface area contributed by atoms with E-state index in [1.807, 2.05) is 44.2 Å². The molecule has 0 aliphatic carbocycles. The van der Waals surface area contributed by atoms with Gasteiger partial charge < -0.3 is 0 Å². The Morgan fingerprint density at radius 3 is 2.41 bits per heavy atom. The van der Waals surface area contributed by atoms with Gasteiger partial charge >= 0.3 is 183 Å². The number of phenolic OH excluding ortho intramolecular Hbond substituents is 1. The van der Waals surface area contributed by atoms with Crippen LogP contribution < -0.4 is 4.74 Å². The molecule has 2 aromatic rings. The molecule has 172 valence electrons. The summed E-state index contributed by atoms with van der Waals surface area (Å²) in [4.78, 5) is 4.03. The van der Waals surface area contributed by atoms with Gasteiger partial charge in [0, 0.05) is 0 Å². The third kappa shape index (κ3) is 6.98. The molecular formula is C22H29BN2O6S. The molecule has 0 saturated heterocycles. The van der Waals surface area contributed by atoms with Gasteiger partial charge in [0.05, 0.1) is 7.11 Å². The molecule has 0 saturated carbocycles. The van der Waals surface area contributed by atoms with Gasteiger partial charge in [-0.05, 0) is 0 Å². The number of hydrogen-bond acceptors (Lipinski definition) is 7. The molecule has 0 heterocycles. The van der Waals surface area contributed by atoms with Crippen molar-refractivity contribution in [1.29, 1.82) is 0 Å². The van der Waals surface area contributed by atoms with E-state index in [1.54, 1.807) is 0 Å². The van der Waals surface area contributed by atoms with Gasteiger partial charge in [0.25, 0.3) is 0 Å². The Balaban J connectivity index is 2.33. The molecule has 32 heavy (non-hydrogen) atoms. The SMILES string of the molecule is COc1ccc(S(=O)(=O)N(CC(C)C)C[C@@H](O)[C@H](Cc2ccccc2)/N=C/B=O)cc1O. The molecule has 0 bridgehead atoms. The van der Waals surface area contributed by atoms with Crippen molar-refractivity contribution < 1.29 is 28.1 Å². The second-order valence-corrected chi connectivity index (χ2v) is 9.75. The standard InChI is InChI=1S/C22H29BN2O6S/c1-16(2)13-25(32(29,30)18-9-10-22(31-3)20(26)12-18)14-21(27)19(24-15-23-28)11-17-7-5-4-6-8-17/h4-10,12,15-16,19,21,26-27H,11,13-14H2,1-3H3/b24-15+/t19-,21+/m0/s1. The van der Waals surface area contributed by atoms with E-state index in [0.29, 0.717) is 13.6 Å². The van der Waals surface area contributed by atoms with Gasteiger partial charge in [0.2, 0.25) is 0 Å².